The van der Waals surface area contributed by atoms with Crippen LogP contribution >= 0.6 is 0 Å². The highest BCUT2D eigenvalue weighted by atomic mass is 16.5. The van der Waals surface area contributed by atoms with E-state index in [1.165, 1.54) is 7.11 Å². The van der Waals surface area contributed by atoms with E-state index in [1.54, 1.807) is 13.8 Å². The fraction of sp³-hybridized carbons (Fsp3) is 0.500. The first-order valence-corrected chi connectivity index (χ1v) is 5.93. The number of hydrogen-bond donors (Lipinski definition) is 1. The average molecular weight is 251 g/mol. The molecule has 0 heterocycles. The lowest BCUT2D eigenvalue weighted by Crippen LogP contribution is -2.32. The van der Waals surface area contributed by atoms with E-state index in [0.717, 1.165) is 11.3 Å². The lowest BCUT2D eigenvalue weighted by Gasteiger charge is -2.21. The van der Waals surface area contributed by atoms with E-state index in [1.807, 2.05) is 31.2 Å². The Morgan fingerprint density at radius 3 is 2.33 bits per heavy atom. The van der Waals surface area contributed by atoms with Gasteiger partial charge in [-0.3, -0.25) is 4.79 Å². The molecule has 0 aliphatic heterocycles. The monoisotopic (exact) mass is 251 g/mol. The summed E-state index contributed by atoms with van der Waals surface area (Å²) >= 11 is 0. The van der Waals surface area contributed by atoms with Crippen LogP contribution in [0.1, 0.15) is 32.4 Å². The van der Waals surface area contributed by atoms with Gasteiger partial charge >= 0.3 is 5.97 Å². The molecular weight excluding hydrogens is 230 g/mol. The number of rotatable bonds is 5. The lowest BCUT2D eigenvalue weighted by atomic mass is 9.95. The number of nitrogens with two attached hydrogens (primary N) is 1. The fourth-order valence-corrected chi connectivity index (χ4v) is 1.47. The Balaban J connectivity index is 2.61. The number of esters is 1. The summed E-state index contributed by atoms with van der Waals surface area (Å²) in [5, 5.41) is 0. The highest BCUT2D eigenvalue weighted by Crippen LogP contribution is 2.21. The van der Waals surface area contributed by atoms with Crippen molar-refractivity contribution in [2.45, 2.75) is 26.8 Å². The normalized spacial score (nSPS) is 12.9. The molecule has 0 radical (unpaired) electrons. The van der Waals surface area contributed by atoms with Crippen LogP contribution in [0.2, 0.25) is 0 Å². The van der Waals surface area contributed by atoms with Gasteiger partial charge in [0.15, 0.2) is 0 Å². The van der Waals surface area contributed by atoms with Crippen LogP contribution < -0.4 is 10.5 Å². The third-order valence-corrected chi connectivity index (χ3v) is 2.74. The number of hydrogen-bond acceptors (Lipinski definition) is 4. The summed E-state index contributed by atoms with van der Waals surface area (Å²) in [5.74, 6) is 0.436. The zero-order valence-corrected chi connectivity index (χ0v) is 11.4. The van der Waals surface area contributed by atoms with E-state index in [9.17, 15) is 4.79 Å². The molecule has 0 aliphatic rings. The van der Waals surface area contributed by atoms with Crippen LogP contribution in [0.3, 0.4) is 0 Å². The molecule has 18 heavy (non-hydrogen) atoms. The van der Waals surface area contributed by atoms with Crippen molar-refractivity contribution in [1.82, 2.24) is 0 Å². The zero-order chi connectivity index (χ0) is 13.8. The molecule has 0 unspecified atom stereocenters. The molecular formula is C14H21NO3. The van der Waals surface area contributed by atoms with Gasteiger partial charge in [-0.15, -0.1) is 0 Å². The van der Waals surface area contributed by atoms with Crippen LogP contribution in [-0.2, 0) is 9.53 Å². The maximum absolute atomic E-state index is 11.5. The Labute approximate surface area is 108 Å². The van der Waals surface area contributed by atoms with E-state index in [2.05, 4.69) is 0 Å². The molecule has 0 aliphatic carbocycles. The van der Waals surface area contributed by atoms with E-state index in [4.69, 9.17) is 15.2 Å². The second-order valence-corrected chi connectivity index (χ2v) is 5.02. The molecule has 1 atom stereocenters. The van der Waals surface area contributed by atoms with Crippen LogP contribution in [0.4, 0.5) is 0 Å². The molecule has 0 amide bonds. The smallest absolute Gasteiger partial charge is 0.314 e. The Morgan fingerprint density at radius 2 is 1.89 bits per heavy atom. The van der Waals surface area contributed by atoms with Gasteiger partial charge in [-0.1, -0.05) is 12.1 Å². The SMILES string of the molecule is COC(=O)C(C)(C)COc1ccc([C@@H](C)N)cc1. The minimum absolute atomic E-state index is 0.00515. The Hall–Kier alpha value is -1.55. The van der Waals surface area contributed by atoms with Crippen molar-refractivity contribution in [1.29, 1.82) is 0 Å². The molecule has 4 nitrogen and oxygen atoms in total. The number of ether oxygens (including phenoxy) is 2. The Bertz CT molecular complexity index is 396. The molecule has 0 spiro atoms. The molecule has 0 bridgehead atoms. The first kappa shape index (κ1) is 14.5. The maximum atomic E-state index is 11.5. The number of carbonyl (C=O) groups is 1. The molecule has 0 fully saturated rings. The minimum atomic E-state index is -0.658. The van der Waals surface area contributed by atoms with Gasteiger partial charge < -0.3 is 15.2 Å². The van der Waals surface area contributed by atoms with E-state index < -0.39 is 5.41 Å². The van der Waals surface area contributed by atoms with Crippen molar-refractivity contribution in [3.05, 3.63) is 29.8 Å². The lowest BCUT2D eigenvalue weighted by molar-refractivity contribution is -0.152. The first-order valence-electron chi connectivity index (χ1n) is 5.93. The van der Waals surface area contributed by atoms with Crippen molar-refractivity contribution < 1.29 is 14.3 Å². The molecule has 1 aromatic carbocycles. The second-order valence-electron chi connectivity index (χ2n) is 5.02. The Morgan fingerprint density at radius 1 is 1.33 bits per heavy atom. The molecule has 1 aromatic rings. The molecule has 0 aromatic heterocycles. The third-order valence-electron chi connectivity index (χ3n) is 2.74. The van der Waals surface area contributed by atoms with Crippen molar-refractivity contribution in [3.63, 3.8) is 0 Å². The third kappa shape index (κ3) is 3.74. The van der Waals surface area contributed by atoms with Gasteiger partial charge in [-0.2, -0.15) is 0 Å². The summed E-state index contributed by atoms with van der Waals surface area (Å²) in [4.78, 5) is 11.5. The highest BCUT2D eigenvalue weighted by Gasteiger charge is 2.29. The number of methoxy groups -OCH3 is 1. The van der Waals surface area contributed by atoms with Crippen LogP contribution in [0.15, 0.2) is 24.3 Å². The van der Waals surface area contributed by atoms with E-state index in [-0.39, 0.29) is 18.6 Å². The molecule has 2 N–H and O–H groups in total. The minimum Gasteiger partial charge on any atom is -0.492 e. The number of carbonyl (C=O) groups excluding carboxylic acids is 1. The summed E-state index contributed by atoms with van der Waals surface area (Å²) < 4.78 is 10.3. The average Bonchev–Trinajstić information content (AvgIpc) is 2.35. The molecule has 4 heteroatoms. The van der Waals surface area contributed by atoms with Crippen molar-refractivity contribution >= 4 is 5.97 Å². The van der Waals surface area contributed by atoms with Crippen LogP contribution in [0.25, 0.3) is 0 Å². The van der Waals surface area contributed by atoms with Crippen LogP contribution in [-0.4, -0.2) is 19.7 Å². The largest absolute Gasteiger partial charge is 0.492 e. The van der Waals surface area contributed by atoms with Gasteiger partial charge in [0, 0.05) is 6.04 Å². The fourth-order valence-electron chi connectivity index (χ4n) is 1.47. The van der Waals surface area contributed by atoms with Crippen molar-refractivity contribution in [2.24, 2.45) is 11.1 Å². The van der Waals surface area contributed by atoms with Gasteiger partial charge in [-0.05, 0) is 38.5 Å². The quantitative estimate of drug-likeness (QED) is 0.816. The number of benzene rings is 1. The summed E-state index contributed by atoms with van der Waals surface area (Å²) in [6.45, 7) is 5.78. The second kappa shape index (κ2) is 5.87. The Kier molecular flexibility index (Phi) is 4.73. The van der Waals surface area contributed by atoms with Crippen LogP contribution in [0, 0.1) is 5.41 Å². The van der Waals surface area contributed by atoms with Gasteiger partial charge in [0.1, 0.15) is 12.4 Å². The summed E-state index contributed by atoms with van der Waals surface area (Å²) in [7, 11) is 1.38. The predicted molar refractivity (Wildman–Crippen MR) is 70.3 cm³/mol. The van der Waals surface area contributed by atoms with Gasteiger partial charge in [0.2, 0.25) is 0 Å². The standard InChI is InChI=1S/C14H21NO3/c1-10(15)11-5-7-12(8-6-11)18-9-14(2,3)13(16)17-4/h5-8,10H,9,15H2,1-4H3/t10-/m1/s1. The van der Waals surface area contributed by atoms with Crippen molar-refractivity contribution in [2.75, 3.05) is 13.7 Å². The van der Waals surface area contributed by atoms with E-state index in [0.29, 0.717) is 0 Å². The molecule has 0 saturated heterocycles. The summed E-state index contributed by atoms with van der Waals surface area (Å²) in [5.41, 5.74) is 6.16. The maximum Gasteiger partial charge on any atom is 0.314 e. The zero-order valence-electron chi connectivity index (χ0n) is 11.4. The predicted octanol–water partition coefficient (Wildman–Crippen LogP) is 2.28. The summed E-state index contributed by atoms with van der Waals surface area (Å²) in [6, 6.07) is 7.56. The van der Waals surface area contributed by atoms with Gasteiger partial charge in [0.05, 0.1) is 12.5 Å². The van der Waals surface area contributed by atoms with Crippen molar-refractivity contribution in [3.8, 4) is 5.75 Å². The van der Waals surface area contributed by atoms with Crippen LogP contribution in [0.5, 0.6) is 5.75 Å². The molecule has 1 rings (SSSR count). The van der Waals surface area contributed by atoms with Gasteiger partial charge in [-0.25, -0.2) is 0 Å². The van der Waals surface area contributed by atoms with E-state index >= 15 is 0 Å². The van der Waals surface area contributed by atoms with Gasteiger partial charge in [0.25, 0.3) is 0 Å². The first-order chi connectivity index (χ1) is 8.36. The highest BCUT2D eigenvalue weighted by molar-refractivity contribution is 5.75. The molecule has 0 saturated carbocycles. The summed E-state index contributed by atoms with van der Waals surface area (Å²) in [6.07, 6.45) is 0. The topological polar surface area (TPSA) is 61.5 Å². The molecule has 100 valence electrons.